The van der Waals surface area contributed by atoms with Gasteiger partial charge in [0.25, 0.3) is 11.6 Å². The van der Waals surface area contributed by atoms with E-state index in [1.807, 2.05) is 0 Å². The fourth-order valence-corrected chi connectivity index (χ4v) is 3.48. The summed E-state index contributed by atoms with van der Waals surface area (Å²) in [5, 5.41) is 16.0. The molecule has 2 aromatic carbocycles. The quantitative estimate of drug-likeness (QED) is 0.256. The zero-order chi connectivity index (χ0) is 25.9. The number of amides is 4. The van der Waals surface area contributed by atoms with Crippen LogP contribution >= 0.6 is 0 Å². The number of non-ortho nitro benzene ring substituents is 1. The van der Waals surface area contributed by atoms with E-state index in [0.29, 0.717) is 4.90 Å². The minimum absolute atomic E-state index is 0.0202. The second-order valence-electron chi connectivity index (χ2n) is 7.58. The molecule has 2 N–H and O–H groups in total. The lowest BCUT2D eigenvalue weighted by Crippen LogP contribution is -2.42. The van der Waals surface area contributed by atoms with Gasteiger partial charge in [0.05, 0.1) is 30.3 Å². The number of rotatable bonds is 7. The Morgan fingerprint density at radius 3 is 2.20 bits per heavy atom. The molecule has 35 heavy (non-hydrogen) atoms. The molecule has 1 saturated heterocycles. The highest BCUT2D eigenvalue weighted by atomic mass is 16.6. The normalized spacial score (nSPS) is 16.9. The number of carbonyl (C=O) groups is 5. The number of imide groups is 1. The first-order valence-electron chi connectivity index (χ1n) is 10.0. The number of esters is 2. The molecule has 0 aromatic heterocycles. The Balaban J connectivity index is 1.82. The second kappa shape index (κ2) is 9.59. The molecule has 182 valence electrons. The van der Waals surface area contributed by atoms with Crippen LogP contribution in [0, 0.1) is 10.1 Å². The monoisotopic (exact) mass is 484 g/mol. The predicted octanol–water partition coefficient (Wildman–Crippen LogP) is 1.57. The first-order valence-corrected chi connectivity index (χ1v) is 10.0. The molecule has 13 heteroatoms. The molecule has 13 nitrogen and oxygen atoms in total. The van der Waals surface area contributed by atoms with Crippen LogP contribution in [0.15, 0.2) is 42.5 Å². The second-order valence-corrected chi connectivity index (χ2v) is 7.58. The maximum atomic E-state index is 13.0. The van der Waals surface area contributed by atoms with Crippen LogP contribution in [-0.4, -0.2) is 60.4 Å². The zero-order valence-electron chi connectivity index (χ0n) is 18.8. The number of carbonyl (C=O) groups excluding carboxylic acids is 5. The number of anilines is 1. The minimum Gasteiger partial charge on any atom is -0.465 e. The van der Waals surface area contributed by atoms with Crippen molar-refractivity contribution in [3.8, 4) is 0 Å². The predicted molar refractivity (Wildman–Crippen MR) is 118 cm³/mol. The van der Waals surface area contributed by atoms with Crippen molar-refractivity contribution in [2.45, 2.75) is 12.5 Å². The van der Waals surface area contributed by atoms with Crippen molar-refractivity contribution in [2.75, 3.05) is 26.1 Å². The first-order chi connectivity index (χ1) is 16.5. The number of ether oxygens (including phenoxy) is 2. The van der Waals surface area contributed by atoms with Crippen LogP contribution in [0.1, 0.15) is 33.2 Å². The van der Waals surface area contributed by atoms with Crippen molar-refractivity contribution < 1.29 is 38.4 Å². The molecule has 0 bridgehead atoms. The Morgan fingerprint density at radius 1 is 1.06 bits per heavy atom. The van der Waals surface area contributed by atoms with Gasteiger partial charge < -0.3 is 20.1 Å². The molecule has 4 amide bonds. The molecule has 1 fully saturated rings. The van der Waals surface area contributed by atoms with Crippen molar-refractivity contribution >= 4 is 41.2 Å². The third-order valence-electron chi connectivity index (χ3n) is 5.27. The third-order valence-corrected chi connectivity index (χ3v) is 5.27. The van der Waals surface area contributed by atoms with Gasteiger partial charge in [-0.25, -0.2) is 14.4 Å². The Bertz CT molecular complexity index is 1220. The van der Waals surface area contributed by atoms with Gasteiger partial charge in [0, 0.05) is 17.8 Å². The smallest absolute Gasteiger partial charge is 0.337 e. The molecule has 1 unspecified atom stereocenters. The van der Waals surface area contributed by atoms with Gasteiger partial charge in [0.1, 0.15) is 12.1 Å². The maximum Gasteiger partial charge on any atom is 0.337 e. The fourth-order valence-electron chi connectivity index (χ4n) is 3.48. The van der Waals surface area contributed by atoms with Crippen LogP contribution < -0.4 is 10.6 Å². The number of urea groups is 1. The van der Waals surface area contributed by atoms with E-state index < -0.39 is 46.8 Å². The molecule has 2 aromatic rings. The van der Waals surface area contributed by atoms with E-state index in [0.717, 1.165) is 20.3 Å². The molecule has 0 aliphatic carbocycles. The van der Waals surface area contributed by atoms with Crippen molar-refractivity contribution in [1.29, 1.82) is 0 Å². The molecule has 1 atom stereocenters. The van der Waals surface area contributed by atoms with Gasteiger partial charge >= 0.3 is 18.0 Å². The highest BCUT2D eigenvalue weighted by Crippen LogP contribution is 2.31. The maximum absolute atomic E-state index is 13.0. The van der Waals surface area contributed by atoms with Gasteiger partial charge in [-0.1, -0.05) is 12.1 Å². The molecule has 3 rings (SSSR count). The number of benzene rings is 2. The zero-order valence-corrected chi connectivity index (χ0v) is 18.8. The summed E-state index contributed by atoms with van der Waals surface area (Å²) in [7, 11) is 2.28. The van der Waals surface area contributed by atoms with Crippen LogP contribution in [0.3, 0.4) is 0 Å². The topological polar surface area (TPSA) is 174 Å². The van der Waals surface area contributed by atoms with E-state index in [4.69, 9.17) is 0 Å². The largest absolute Gasteiger partial charge is 0.465 e. The summed E-state index contributed by atoms with van der Waals surface area (Å²) in [6, 6.07) is 8.05. The van der Waals surface area contributed by atoms with Crippen molar-refractivity contribution in [3.05, 3.63) is 69.3 Å². The number of hydrogen-bond acceptors (Lipinski definition) is 9. The van der Waals surface area contributed by atoms with Crippen LogP contribution in [0.2, 0.25) is 0 Å². The molecule has 1 aliphatic heterocycles. The summed E-state index contributed by atoms with van der Waals surface area (Å²) in [6.45, 7) is 0.665. The lowest BCUT2D eigenvalue weighted by atomic mass is 9.91. The lowest BCUT2D eigenvalue weighted by molar-refractivity contribution is -0.385. The molecule has 0 spiro atoms. The average molecular weight is 484 g/mol. The van der Waals surface area contributed by atoms with E-state index in [1.165, 1.54) is 43.3 Å². The molecular formula is C22H20N4O9. The number of nitro groups is 1. The van der Waals surface area contributed by atoms with Crippen LogP contribution in [0.25, 0.3) is 0 Å². The first kappa shape index (κ1) is 24.8. The molecule has 1 aliphatic rings. The van der Waals surface area contributed by atoms with Crippen LogP contribution in [0.4, 0.5) is 16.2 Å². The Labute approximate surface area is 198 Å². The number of hydrogen-bond donors (Lipinski definition) is 2. The summed E-state index contributed by atoms with van der Waals surface area (Å²) in [4.78, 5) is 73.1. The minimum atomic E-state index is -1.63. The van der Waals surface area contributed by atoms with E-state index >= 15 is 0 Å². The number of nitrogens with zero attached hydrogens (tertiary/aromatic N) is 2. The summed E-state index contributed by atoms with van der Waals surface area (Å²) in [6.07, 6.45) is 0. The van der Waals surface area contributed by atoms with Gasteiger partial charge in [0.2, 0.25) is 5.91 Å². The summed E-state index contributed by atoms with van der Waals surface area (Å²) >= 11 is 0. The number of nitrogens with one attached hydrogen (secondary N) is 2. The van der Waals surface area contributed by atoms with Crippen molar-refractivity contribution in [3.63, 3.8) is 0 Å². The average Bonchev–Trinajstić information content (AvgIpc) is 3.06. The van der Waals surface area contributed by atoms with Crippen molar-refractivity contribution in [2.24, 2.45) is 0 Å². The van der Waals surface area contributed by atoms with Gasteiger partial charge in [-0.2, -0.15) is 0 Å². The standard InChI is InChI=1S/C22H20N4O9/c1-22(14-5-4-6-16(10-14)26(32)33)20(30)25(21(31)24-22)11-17(27)23-15-8-12(18(28)34-2)7-13(9-15)19(29)35-3/h4-10H,11H2,1-3H3,(H,23,27)(H,24,31). The Kier molecular flexibility index (Phi) is 6.80. The SMILES string of the molecule is COC(=O)c1cc(NC(=O)CN2C(=O)NC(C)(c3cccc([N+](=O)[O-])c3)C2=O)cc(C(=O)OC)c1. The highest BCUT2D eigenvalue weighted by Gasteiger charge is 2.49. The van der Waals surface area contributed by atoms with E-state index in [9.17, 15) is 34.1 Å². The number of methoxy groups -OCH3 is 2. The fraction of sp³-hybridized carbons (Fsp3) is 0.227. The Morgan fingerprint density at radius 2 is 1.66 bits per heavy atom. The lowest BCUT2D eigenvalue weighted by Gasteiger charge is -2.22. The van der Waals surface area contributed by atoms with E-state index in [2.05, 4.69) is 20.1 Å². The molecule has 0 saturated carbocycles. The molecule has 1 heterocycles. The summed E-state index contributed by atoms with van der Waals surface area (Å²) < 4.78 is 9.27. The third kappa shape index (κ3) is 4.93. The van der Waals surface area contributed by atoms with Gasteiger partial charge in [-0.3, -0.25) is 24.6 Å². The molecule has 0 radical (unpaired) electrons. The van der Waals surface area contributed by atoms with Crippen LogP contribution in [0.5, 0.6) is 0 Å². The van der Waals surface area contributed by atoms with Crippen molar-refractivity contribution in [1.82, 2.24) is 10.2 Å². The highest BCUT2D eigenvalue weighted by molar-refractivity contribution is 6.10. The number of nitro benzene ring substituents is 1. The van der Waals surface area contributed by atoms with Gasteiger partial charge in [-0.05, 0) is 30.7 Å². The van der Waals surface area contributed by atoms with Crippen LogP contribution in [-0.2, 0) is 24.6 Å². The summed E-state index contributed by atoms with van der Waals surface area (Å²) in [5.41, 5.74) is -1.80. The van der Waals surface area contributed by atoms with Gasteiger partial charge in [-0.15, -0.1) is 0 Å². The van der Waals surface area contributed by atoms with E-state index in [1.54, 1.807) is 0 Å². The van der Waals surface area contributed by atoms with E-state index in [-0.39, 0.29) is 28.1 Å². The Hall–Kier alpha value is -4.81. The summed E-state index contributed by atoms with van der Waals surface area (Å²) in [5.74, 6) is -3.15. The molecular weight excluding hydrogens is 464 g/mol. The van der Waals surface area contributed by atoms with Gasteiger partial charge in [0.15, 0.2) is 0 Å².